The molecule has 0 aliphatic carbocycles. The Labute approximate surface area is 85.2 Å². The number of hydroxylamine groups is 1. The van der Waals surface area contributed by atoms with Crippen molar-refractivity contribution in [1.82, 2.24) is 0 Å². The van der Waals surface area contributed by atoms with Crippen molar-refractivity contribution >= 4 is 5.69 Å². The van der Waals surface area contributed by atoms with Crippen molar-refractivity contribution in [1.29, 1.82) is 0 Å². The third-order valence-corrected chi connectivity index (χ3v) is 1.77. The van der Waals surface area contributed by atoms with Crippen LogP contribution in [0.4, 0.5) is 18.9 Å². The lowest BCUT2D eigenvalue weighted by Gasteiger charge is -2.16. The highest BCUT2D eigenvalue weighted by atomic mass is 19.4. The van der Waals surface area contributed by atoms with E-state index >= 15 is 0 Å². The van der Waals surface area contributed by atoms with Crippen LogP contribution in [-0.2, 0) is 6.18 Å². The molecule has 2 nitrogen and oxygen atoms in total. The molecule has 0 amide bonds. The van der Waals surface area contributed by atoms with Crippen LogP contribution in [-0.4, -0.2) is 11.8 Å². The molecule has 1 aromatic rings. The zero-order chi connectivity index (χ0) is 11.5. The number of hydrogen-bond donors (Lipinski definition) is 1. The fraction of sp³-hybridized carbons (Fsp3) is 0.200. The molecule has 0 bridgehead atoms. The van der Waals surface area contributed by atoms with Gasteiger partial charge in [0, 0.05) is 0 Å². The van der Waals surface area contributed by atoms with E-state index in [2.05, 4.69) is 6.58 Å². The largest absolute Gasteiger partial charge is 0.416 e. The van der Waals surface area contributed by atoms with E-state index in [9.17, 15) is 18.4 Å². The van der Waals surface area contributed by atoms with E-state index < -0.39 is 11.7 Å². The summed E-state index contributed by atoms with van der Waals surface area (Å²) in [7, 11) is 0. The van der Waals surface area contributed by atoms with E-state index in [1.54, 1.807) is 0 Å². The second kappa shape index (κ2) is 4.35. The van der Waals surface area contributed by atoms with Crippen molar-refractivity contribution < 1.29 is 18.4 Å². The molecule has 0 saturated heterocycles. The van der Waals surface area contributed by atoms with Gasteiger partial charge in [-0.1, -0.05) is 12.1 Å². The van der Waals surface area contributed by atoms with Gasteiger partial charge in [-0.25, -0.2) is 0 Å². The van der Waals surface area contributed by atoms with Gasteiger partial charge in [-0.3, -0.25) is 10.3 Å². The monoisotopic (exact) mass is 217 g/mol. The van der Waals surface area contributed by atoms with E-state index in [0.717, 1.165) is 12.1 Å². The molecule has 1 aromatic carbocycles. The van der Waals surface area contributed by atoms with Gasteiger partial charge < -0.3 is 0 Å². The molecule has 0 spiro atoms. The van der Waals surface area contributed by atoms with Crippen LogP contribution in [0.3, 0.4) is 0 Å². The quantitative estimate of drug-likeness (QED) is 0.621. The Hall–Kier alpha value is -1.49. The third-order valence-electron chi connectivity index (χ3n) is 1.77. The van der Waals surface area contributed by atoms with E-state index in [-0.39, 0.29) is 12.2 Å². The zero-order valence-electron chi connectivity index (χ0n) is 7.83. The Kier molecular flexibility index (Phi) is 3.36. The lowest BCUT2D eigenvalue weighted by atomic mass is 10.2. The maximum atomic E-state index is 12.3. The van der Waals surface area contributed by atoms with Crippen LogP contribution < -0.4 is 5.06 Å². The van der Waals surface area contributed by atoms with E-state index in [0.29, 0.717) is 5.06 Å². The summed E-state index contributed by atoms with van der Waals surface area (Å²) in [5.74, 6) is 0. The number of alkyl halides is 3. The number of anilines is 1. The van der Waals surface area contributed by atoms with Gasteiger partial charge in [0.15, 0.2) is 0 Å². The molecule has 0 aromatic heterocycles. The Morgan fingerprint density at radius 3 is 2.60 bits per heavy atom. The van der Waals surface area contributed by atoms with Crippen LogP contribution in [0.1, 0.15) is 5.56 Å². The molecule has 5 heteroatoms. The van der Waals surface area contributed by atoms with Gasteiger partial charge in [0.2, 0.25) is 0 Å². The number of halogens is 3. The van der Waals surface area contributed by atoms with E-state index in [1.165, 1.54) is 18.2 Å². The first-order chi connectivity index (χ1) is 6.95. The van der Waals surface area contributed by atoms with Crippen LogP contribution in [0.15, 0.2) is 36.9 Å². The van der Waals surface area contributed by atoms with Crippen molar-refractivity contribution in [3.8, 4) is 0 Å². The minimum absolute atomic E-state index is 0.0707. The molecule has 1 rings (SSSR count). The molecule has 1 N–H and O–H groups in total. The summed E-state index contributed by atoms with van der Waals surface area (Å²) in [5, 5.41) is 10.0. The normalized spacial score (nSPS) is 11.2. The highest BCUT2D eigenvalue weighted by molar-refractivity contribution is 5.47. The third kappa shape index (κ3) is 2.99. The van der Waals surface area contributed by atoms with Crippen molar-refractivity contribution in [3.05, 3.63) is 42.5 Å². The van der Waals surface area contributed by atoms with Gasteiger partial charge in [-0.15, -0.1) is 6.58 Å². The van der Waals surface area contributed by atoms with Gasteiger partial charge in [0.1, 0.15) is 0 Å². The fourth-order valence-corrected chi connectivity index (χ4v) is 1.07. The second-order valence-electron chi connectivity index (χ2n) is 2.92. The Morgan fingerprint density at radius 2 is 2.07 bits per heavy atom. The predicted octanol–water partition coefficient (Wildman–Crippen LogP) is 3.09. The van der Waals surface area contributed by atoms with Crippen molar-refractivity contribution in [2.24, 2.45) is 0 Å². The smallest absolute Gasteiger partial charge is 0.288 e. The maximum Gasteiger partial charge on any atom is 0.416 e. The van der Waals surface area contributed by atoms with E-state index in [1.807, 2.05) is 0 Å². The first kappa shape index (κ1) is 11.6. The van der Waals surface area contributed by atoms with Crippen LogP contribution in [0.5, 0.6) is 0 Å². The summed E-state index contributed by atoms with van der Waals surface area (Å²) in [6, 6.07) is 4.46. The highest BCUT2D eigenvalue weighted by Crippen LogP contribution is 2.31. The molecule has 0 aliphatic heterocycles. The van der Waals surface area contributed by atoms with Gasteiger partial charge in [-0.2, -0.15) is 13.2 Å². The average Bonchev–Trinajstić information content (AvgIpc) is 2.17. The summed E-state index contributed by atoms with van der Waals surface area (Å²) >= 11 is 0. The first-order valence-electron chi connectivity index (χ1n) is 4.19. The van der Waals surface area contributed by atoms with Gasteiger partial charge in [0.05, 0.1) is 17.8 Å². The standard InChI is InChI=1S/C10H10F3NO/c1-2-6-14(15)9-5-3-4-8(7-9)10(11,12)13/h2-5,7,15H,1,6H2. The van der Waals surface area contributed by atoms with Crippen molar-refractivity contribution in [3.63, 3.8) is 0 Å². The van der Waals surface area contributed by atoms with Crippen LogP contribution in [0, 0.1) is 0 Å². The Bertz CT molecular complexity index is 349. The Balaban J connectivity index is 2.97. The topological polar surface area (TPSA) is 23.5 Å². The minimum Gasteiger partial charge on any atom is -0.288 e. The van der Waals surface area contributed by atoms with Crippen LogP contribution in [0.25, 0.3) is 0 Å². The SMILES string of the molecule is C=CCN(O)c1cccc(C(F)(F)F)c1. The summed E-state index contributed by atoms with van der Waals surface area (Å²) in [5.41, 5.74) is -0.701. The lowest BCUT2D eigenvalue weighted by molar-refractivity contribution is -0.137. The van der Waals surface area contributed by atoms with Gasteiger partial charge >= 0.3 is 6.18 Å². The summed E-state index contributed by atoms with van der Waals surface area (Å²) in [4.78, 5) is 0. The van der Waals surface area contributed by atoms with Crippen LogP contribution >= 0.6 is 0 Å². The number of benzene rings is 1. The molecule has 0 radical (unpaired) electrons. The van der Waals surface area contributed by atoms with Crippen molar-refractivity contribution in [2.75, 3.05) is 11.6 Å². The molecule has 0 unspecified atom stereocenters. The fourth-order valence-electron chi connectivity index (χ4n) is 1.07. The molecule has 0 saturated carbocycles. The lowest BCUT2D eigenvalue weighted by Crippen LogP contribution is -2.18. The average molecular weight is 217 g/mol. The Morgan fingerprint density at radius 1 is 1.40 bits per heavy atom. The molecule has 0 heterocycles. The number of hydrogen-bond acceptors (Lipinski definition) is 2. The van der Waals surface area contributed by atoms with Gasteiger partial charge in [0.25, 0.3) is 0 Å². The maximum absolute atomic E-state index is 12.3. The number of rotatable bonds is 3. The van der Waals surface area contributed by atoms with E-state index in [4.69, 9.17) is 0 Å². The molecule has 15 heavy (non-hydrogen) atoms. The summed E-state index contributed by atoms with van der Waals surface area (Å²) < 4.78 is 36.9. The highest BCUT2D eigenvalue weighted by Gasteiger charge is 2.30. The molecule has 0 aliphatic rings. The second-order valence-corrected chi connectivity index (χ2v) is 2.92. The zero-order valence-corrected chi connectivity index (χ0v) is 7.83. The first-order valence-corrected chi connectivity index (χ1v) is 4.19. The van der Waals surface area contributed by atoms with Gasteiger partial charge in [-0.05, 0) is 18.2 Å². The predicted molar refractivity (Wildman–Crippen MR) is 50.8 cm³/mol. The van der Waals surface area contributed by atoms with Crippen LogP contribution in [0.2, 0.25) is 0 Å². The van der Waals surface area contributed by atoms with Crippen molar-refractivity contribution in [2.45, 2.75) is 6.18 Å². The molecule has 0 atom stereocenters. The summed E-state index contributed by atoms with van der Waals surface area (Å²) in [6.07, 6.45) is -3.01. The molecule has 82 valence electrons. The summed E-state index contributed by atoms with van der Waals surface area (Å²) in [6.45, 7) is 3.44. The number of nitrogens with zero attached hydrogens (tertiary/aromatic N) is 1. The molecular formula is C10H10F3NO. The molecule has 0 fully saturated rings. The molecular weight excluding hydrogens is 207 g/mol. The minimum atomic E-state index is -4.40.